The lowest BCUT2D eigenvalue weighted by molar-refractivity contribution is -0.692. The van der Waals surface area contributed by atoms with Gasteiger partial charge in [-0.3, -0.25) is 4.79 Å². The van der Waals surface area contributed by atoms with E-state index in [4.69, 9.17) is 12.2 Å². The second-order valence-corrected chi connectivity index (χ2v) is 9.69. The zero-order chi connectivity index (χ0) is 15.1. The second kappa shape index (κ2) is 8.89. The summed E-state index contributed by atoms with van der Waals surface area (Å²) in [4.78, 5) is 11.2. The van der Waals surface area contributed by atoms with Crippen LogP contribution in [0.2, 0.25) is 0 Å². The molecule has 8 heteroatoms. The predicted molar refractivity (Wildman–Crippen MR) is 93.1 cm³/mol. The zero-order valence-corrected chi connectivity index (χ0v) is 15.4. The lowest BCUT2D eigenvalue weighted by atomic mass is 10.5. The molecule has 2 aromatic rings. The first-order valence-electron chi connectivity index (χ1n) is 6.09. The fourth-order valence-corrected chi connectivity index (χ4v) is 7.41. The molecule has 0 saturated carbocycles. The van der Waals surface area contributed by atoms with E-state index >= 15 is 0 Å². The molecule has 2 aromatic heterocycles. The molecule has 112 valence electrons. The number of ether oxygens (including phenoxy) is 1. The van der Waals surface area contributed by atoms with Gasteiger partial charge in [-0.2, -0.15) is 0 Å². The Bertz CT molecular complexity index is 638. The van der Waals surface area contributed by atoms with Crippen LogP contribution >= 0.6 is 58.4 Å². The van der Waals surface area contributed by atoms with Crippen LogP contribution in [0.5, 0.6) is 0 Å². The van der Waals surface area contributed by atoms with Crippen molar-refractivity contribution >= 4 is 64.4 Å². The molecule has 0 aliphatic carbocycles. The number of rotatable bonds is 7. The van der Waals surface area contributed by atoms with Crippen LogP contribution in [0, 0.1) is 3.14 Å². The van der Waals surface area contributed by atoms with E-state index in [9.17, 15) is 4.79 Å². The lowest BCUT2D eigenvalue weighted by Gasteiger charge is -2.01. The summed E-state index contributed by atoms with van der Waals surface area (Å²) in [5, 5.41) is 0. The summed E-state index contributed by atoms with van der Waals surface area (Å²) in [7, 11) is 1.41. The molecule has 2 heterocycles. The third-order valence-corrected chi connectivity index (χ3v) is 7.96. The Morgan fingerprint density at radius 2 is 1.90 bits per heavy atom. The van der Waals surface area contributed by atoms with E-state index in [2.05, 4.69) is 21.7 Å². The molecule has 0 bridgehead atoms. The van der Waals surface area contributed by atoms with Crippen molar-refractivity contribution in [3.63, 3.8) is 0 Å². The van der Waals surface area contributed by atoms with Crippen molar-refractivity contribution in [2.45, 2.75) is 15.0 Å². The lowest BCUT2D eigenvalue weighted by Crippen LogP contribution is -2.33. The number of hydrogen-bond donors (Lipinski definition) is 0. The van der Waals surface area contributed by atoms with E-state index in [1.165, 1.54) is 23.1 Å². The highest BCUT2D eigenvalue weighted by atomic mass is 32.2. The number of pyridine rings is 1. The molecule has 0 spiro atoms. The number of carbonyl (C=O) groups excluding carboxylic acids is 1. The molecule has 0 atom stereocenters. The minimum atomic E-state index is -0.208. The first-order chi connectivity index (χ1) is 10.2. The first-order valence-corrected chi connectivity index (χ1v) is 10.1. The van der Waals surface area contributed by atoms with Gasteiger partial charge in [0.1, 0.15) is 3.14 Å². The Hall–Kier alpha value is -0.410. The van der Waals surface area contributed by atoms with Crippen molar-refractivity contribution in [2.24, 2.45) is 0 Å². The molecule has 0 N–H and O–H groups in total. The molecular formula is C13H14NO2S5+. The molecule has 3 nitrogen and oxygen atoms in total. The molecule has 0 aromatic carbocycles. The maximum Gasteiger partial charge on any atom is 0.316 e. The van der Waals surface area contributed by atoms with Crippen LogP contribution in [0.3, 0.4) is 0 Å². The van der Waals surface area contributed by atoms with Crippen LogP contribution in [0.4, 0.5) is 0 Å². The molecule has 0 aliphatic rings. The van der Waals surface area contributed by atoms with Crippen molar-refractivity contribution in [3.05, 3.63) is 33.7 Å². The van der Waals surface area contributed by atoms with Crippen molar-refractivity contribution in [1.82, 2.24) is 0 Å². The highest BCUT2D eigenvalue weighted by Gasteiger charge is 2.12. The van der Waals surface area contributed by atoms with Gasteiger partial charge in [0.05, 0.1) is 27.0 Å². The standard InChI is InChI=1S/C13H14NO2S5/c1-16-10(15)9-19-12-11(20-13(17)21-12)18-8-7-14-5-3-2-4-6-14/h2-6H,7-9H2,1H3/q+1. The summed E-state index contributed by atoms with van der Waals surface area (Å²) >= 11 is 11.8. The summed E-state index contributed by atoms with van der Waals surface area (Å²) < 4.78 is 10.1. The average Bonchev–Trinajstić information content (AvgIpc) is 2.86. The number of hydrogen-bond acceptors (Lipinski definition) is 7. The Kier molecular flexibility index (Phi) is 7.18. The fourth-order valence-electron chi connectivity index (χ4n) is 1.44. The van der Waals surface area contributed by atoms with E-state index in [0.29, 0.717) is 5.75 Å². The molecular weight excluding hydrogens is 362 g/mol. The van der Waals surface area contributed by atoms with Gasteiger partial charge < -0.3 is 4.74 Å². The highest BCUT2D eigenvalue weighted by Crippen LogP contribution is 2.40. The summed E-state index contributed by atoms with van der Waals surface area (Å²) in [6.45, 7) is 0.946. The minimum Gasteiger partial charge on any atom is -0.468 e. The summed E-state index contributed by atoms with van der Waals surface area (Å²) in [6, 6.07) is 6.06. The minimum absolute atomic E-state index is 0.208. The molecule has 0 radical (unpaired) electrons. The quantitative estimate of drug-likeness (QED) is 0.317. The van der Waals surface area contributed by atoms with Gasteiger partial charge in [0.15, 0.2) is 18.9 Å². The molecule has 0 fully saturated rings. The van der Waals surface area contributed by atoms with E-state index in [0.717, 1.165) is 19.6 Å². The van der Waals surface area contributed by atoms with E-state index in [-0.39, 0.29) is 5.97 Å². The van der Waals surface area contributed by atoms with Gasteiger partial charge in [-0.15, -0.1) is 46.2 Å². The van der Waals surface area contributed by atoms with E-state index in [1.54, 1.807) is 34.4 Å². The summed E-state index contributed by atoms with van der Waals surface area (Å²) in [6.07, 6.45) is 4.12. The third-order valence-electron chi connectivity index (χ3n) is 2.43. The van der Waals surface area contributed by atoms with Gasteiger partial charge in [-0.05, 0) is 0 Å². The van der Waals surface area contributed by atoms with Crippen molar-refractivity contribution in [1.29, 1.82) is 0 Å². The van der Waals surface area contributed by atoms with Gasteiger partial charge in [-0.25, -0.2) is 4.57 Å². The number of methoxy groups -OCH3 is 1. The normalized spacial score (nSPS) is 10.5. The topological polar surface area (TPSA) is 30.2 Å². The summed E-state index contributed by atoms with van der Waals surface area (Å²) in [5.74, 6) is 1.10. The molecule has 0 amide bonds. The van der Waals surface area contributed by atoms with Gasteiger partial charge in [0.2, 0.25) is 0 Å². The number of aryl methyl sites for hydroxylation is 1. The van der Waals surface area contributed by atoms with Crippen LogP contribution in [-0.2, 0) is 16.1 Å². The number of carbonyl (C=O) groups is 1. The fraction of sp³-hybridized carbons (Fsp3) is 0.308. The molecule has 2 rings (SSSR count). The Morgan fingerprint density at radius 3 is 2.57 bits per heavy atom. The van der Waals surface area contributed by atoms with Crippen LogP contribution in [-0.4, -0.2) is 24.6 Å². The van der Waals surface area contributed by atoms with Crippen LogP contribution < -0.4 is 4.57 Å². The number of thioether (sulfide) groups is 2. The maximum absolute atomic E-state index is 11.2. The number of esters is 1. The number of aromatic nitrogens is 1. The Morgan fingerprint density at radius 1 is 1.24 bits per heavy atom. The van der Waals surface area contributed by atoms with Crippen LogP contribution in [0.25, 0.3) is 0 Å². The van der Waals surface area contributed by atoms with Crippen LogP contribution in [0.15, 0.2) is 39.0 Å². The monoisotopic (exact) mass is 376 g/mol. The largest absolute Gasteiger partial charge is 0.468 e. The molecule has 0 saturated heterocycles. The van der Waals surface area contributed by atoms with E-state index in [1.807, 2.05) is 18.2 Å². The molecule has 21 heavy (non-hydrogen) atoms. The maximum atomic E-state index is 11.2. The van der Waals surface area contributed by atoms with Crippen molar-refractivity contribution in [3.8, 4) is 0 Å². The SMILES string of the molecule is COC(=O)CSc1sc(=S)sc1SCC[n+]1ccccc1. The molecule has 0 aliphatic heterocycles. The van der Waals surface area contributed by atoms with Crippen molar-refractivity contribution < 1.29 is 14.1 Å². The Labute approximate surface area is 145 Å². The van der Waals surface area contributed by atoms with Gasteiger partial charge in [0, 0.05) is 12.1 Å². The third kappa shape index (κ3) is 5.71. The van der Waals surface area contributed by atoms with Gasteiger partial charge >= 0.3 is 5.97 Å². The predicted octanol–water partition coefficient (Wildman–Crippen LogP) is 3.88. The average molecular weight is 377 g/mol. The molecule has 0 unspecified atom stereocenters. The summed E-state index contributed by atoms with van der Waals surface area (Å²) in [5.41, 5.74) is 0. The van der Waals surface area contributed by atoms with Gasteiger partial charge in [0.25, 0.3) is 0 Å². The highest BCUT2D eigenvalue weighted by molar-refractivity contribution is 8.05. The first kappa shape index (κ1) is 17.0. The smallest absolute Gasteiger partial charge is 0.316 e. The van der Waals surface area contributed by atoms with Gasteiger partial charge in [-0.1, -0.05) is 18.3 Å². The number of nitrogens with zero attached hydrogens (tertiary/aromatic N) is 1. The van der Waals surface area contributed by atoms with Crippen molar-refractivity contribution in [2.75, 3.05) is 18.6 Å². The van der Waals surface area contributed by atoms with Crippen LogP contribution in [0.1, 0.15) is 0 Å². The second-order valence-electron chi connectivity index (χ2n) is 3.86. The Balaban J connectivity index is 1.90. The zero-order valence-electron chi connectivity index (χ0n) is 11.3. The van der Waals surface area contributed by atoms with E-state index < -0.39 is 0 Å².